The predicted octanol–water partition coefficient (Wildman–Crippen LogP) is 2.52. The van der Waals surface area contributed by atoms with Crippen LogP contribution in [0.5, 0.6) is 0 Å². The van der Waals surface area contributed by atoms with Crippen LogP contribution in [-0.4, -0.2) is 21.3 Å². The first kappa shape index (κ1) is 14.0. The number of carbonyl (C=O) groups excluding carboxylic acids is 1. The van der Waals surface area contributed by atoms with Crippen molar-refractivity contribution in [1.29, 1.82) is 0 Å². The number of rotatable bonds is 4. The molecule has 0 aliphatic rings. The van der Waals surface area contributed by atoms with E-state index in [1.807, 2.05) is 32.0 Å². The van der Waals surface area contributed by atoms with Crippen LogP contribution in [0.1, 0.15) is 16.7 Å². The normalized spacial score (nSPS) is 10.6. The van der Waals surface area contributed by atoms with Gasteiger partial charge >= 0.3 is 6.01 Å². The number of aromatic nitrogens is 3. The molecule has 0 bridgehead atoms. The van der Waals surface area contributed by atoms with Crippen molar-refractivity contribution in [3.63, 3.8) is 0 Å². The molecule has 3 rings (SSSR count). The first-order chi connectivity index (χ1) is 10.6. The second-order valence-corrected chi connectivity index (χ2v) is 4.93. The maximum absolute atomic E-state index is 12.0. The van der Waals surface area contributed by atoms with Gasteiger partial charge in [0.15, 0.2) is 0 Å². The fourth-order valence-corrected chi connectivity index (χ4v) is 1.96. The molecule has 2 aromatic heterocycles. The van der Waals surface area contributed by atoms with Gasteiger partial charge in [0.05, 0.1) is 12.6 Å². The van der Waals surface area contributed by atoms with Crippen LogP contribution in [-0.2, 0) is 11.2 Å². The van der Waals surface area contributed by atoms with Crippen LogP contribution in [0.3, 0.4) is 0 Å². The van der Waals surface area contributed by atoms with E-state index in [1.165, 1.54) is 11.8 Å². The highest BCUT2D eigenvalue weighted by atomic mass is 16.5. The van der Waals surface area contributed by atoms with Crippen molar-refractivity contribution in [3.8, 4) is 11.7 Å². The number of amides is 1. The summed E-state index contributed by atoms with van der Waals surface area (Å²) in [4.78, 5) is 12.0. The molecular weight excluding hydrogens is 284 g/mol. The number of aryl methyl sites for hydroxylation is 2. The lowest BCUT2D eigenvalue weighted by Crippen LogP contribution is -2.14. The van der Waals surface area contributed by atoms with Crippen molar-refractivity contribution in [2.24, 2.45) is 0 Å². The Labute approximate surface area is 126 Å². The van der Waals surface area contributed by atoms with Gasteiger partial charge in [-0.25, -0.2) is 0 Å². The molecule has 1 N–H and O–H groups in total. The standard InChI is InChI=1S/C15H14N4O3/c1-9-3-4-11(7-10(9)2)8-13(20)17-15-19-18-14(21-15)12-5-6-16-22-12/h3-7H,8H2,1-2H3,(H,17,19,20). The van der Waals surface area contributed by atoms with Crippen LogP contribution in [0, 0.1) is 13.8 Å². The maximum Gasteiger partial charge on any atom is 0.322 e. The lowest BCUT2D eigenvalue weighted by atomic mass is 10.0. The minimum atomic E-state index is -0.226. The number of nitrogens with one attached hydrogen (secondary N) is 1. The molecule has 22 heavy (non-hydrogen) atoms. The third kappa shape index (κ3) is 3.03. The second kappa shape index (κ2) is 5.80. The molecule has 0 atom stereocenters. The van der Waals surface area contributed by atoms with Gasteiger partial charge in [-0.1, -0.05) is 28.5 Å². The molecule has 112 valence electrons. The van der Waals surface area contributed by atoms with Crippen LogP contribution in [0.25, 0.3) is 11.7 Å². The molecule has 0 saturated carbocycles. The van der Waals surface area contributed by atoms with E-state index >= 15 is 0 Å². The smallest absolute Gasteiger partial charge is 0.322 e. The molecule has 0 aliphatic heterocycles. The van der Waals surface area contributed by atoms with Gasteiger partial charge in [0, 0.05) is 6.07 Å². The first-order valence-electron chi connectivity index (χ1n) is 6.72. The molecule has 3 aromatic rings. The summed E-state index contributed by atoms with van der Waals surface area (Å²) in [6, 6.07) is 7.53. The van der Waals surface area contributed by atoms with E-state index < -0.39 is 0 Å². The van der Waals surface area contributed by atoms with E-state index in [9.17, 15) is 4.79 Å². The fraction of sp³-hybridized carbons (Fsp3) is 0.200. The zero-order valence-electron chi connectivity index (χ0n) is 12.2. The molecule has 7 heteroatoms. The van der Waals surface area contributed by atoms with E-state index in [2.05, 4.69) is 20.7 Å². The molecule has 0 unspecified atom stereocenters. The average Bonchev–Trinajstić information content (AvgIpc) is 3.13. The zero-order chi connectivity index (χ0) is 15.5. The summed E-state index contributed by atoms with van der Waals surface area (Å²) in [6.07, 6.45) is 1.71. The maximum atomic E-state index is 12.0. The Morgan fingerprint density at radius 2 is 2.05 bits per heavy atom. The van der Waals surface area contributed by atoms with E-state index in [0.29, 0.717) is 5.76 Å². The SMILES string of the molecule is Cc1ccc(CC(=O)Nc2nnc(-c3ccno3)o2)cc1C. The van der Waals surface area contributed by atoms with Crippen LogP contribution >= 0.6 is 0 Å². The minimum Gasteiger partial charge on any atom is -0.400 e. The molecule has 1 aromatic carbocycles. The molecule has 0 spiro atoms. The summed E-state index contributed by atoms with van der Waals surface area (Å²) in [7, 11) is 0. The topological polar surface area (TPSA) is 94.1 Å². The Balaban J connectivity index is 1.65. The van der Waals surface area contributed by atoms with Gasteiger partial charge in [-0.2, -0.15) is 0 Å². The quantitative estimate of drug-likeness (QED) is 0.795. The Morgan fingerprint density at radius 3 is 2.77 bits per heavy atom. The minimum absolute atomic E-state index is 0.0280. The number of anilines is 1. The van der Waals surface area contributed by atoms with E-state index in [4.69, 9.17) is 8.94 Å². The van der Waals surface area contributed by atoms with Gasteiger partial charge in [-0.05, 0) is 30.5 Å². The van der Waals surface area contributed by atoms with E-state index in [0.717, 1.165) is 11.1 Å². The van der Waals surface area contributed by atoms with Crippen molar-refractivity contribution in [1.82, 2.24) is 15.4 Å². The van der Waals surface area contributed by atoms with Gasteiger partial charge in [-0.15, -0.1) is 5.10 Å². The molecule has 0 aliphatic carbocycles. The molecular formula is C15H14N4O3. The lowest BCUT2D eigenvalue weighted by molar-refractivity contribution is -0.115. The van der Waals surface area contributed by atoms with Gasteiger partial charge in [0.25, 0.3) is 5.89 Å². The van der Waals surface area contributed by atoms with Gasteiger partial charge in [-0.3, -0.25) is 10.1 Å². The first-order valence-corrected chi connectivity index (χ1v) is 6.72. The fourth-order valence-electron chi connectivity index (χ4n) is 1.96. The van der Waals surface area contributed by atoms with Crippen molar-refractivity contribution in [3.05, 3.63) is 47.2 Å². The molecule has 0 saturated heterocycles. The van der Waals surface area contributed by atoms with Crippen LogP contribution in [0.2, 0.25) is 0 Å². The van der Waals surface area contributed by atoms with Crippen LogP contribution < -0.4 is 5.32 Å². The van der Waals surface area contributed by atoms with Crippen molar-refractivity contribution < 1.29 is 13.7 Å². The highest BCUT2D eigenvalue weighted by Gasteiger charge is 2.14. The number of hydrogen-bond donors (Lipinski definition) is 1. The number of carbonyl (C=O) groups is 1. The predicted molar refractivity (Wildman–Crippen MR) is 78.0 cm³/mol. The second-order valence-electron chi connectivity index (χ2n) is 4.93. The van der Waals surface area contributed by atoms with Crippen LogP contribution in [0.4, 0.5) is 6.01 Å². The summed E-state index contributed by atoms with van der Waals surface area (Å²) >= 11 is 0. The number of hydrogen-bond acceptors (Lipinski definition) is 6. The molecule has 0 radical (unpaired) electrons. The average molecular weight is 298 g/mol. The number of nitrogens with zero attached hydrogens (tertiary/aromatic N) is 3. The summed E-state index contributed by atoms with van der Waals surface area (Å²) in [6.45, 7) is 4.04. The molecule has 1 amide bonds. The van der Waals surface area contributed by atoms with Gasteiger partial charge < -0.3 is 8.94 Å². The van der Waals surface area contributed by atoms with Crippen molar-refractivity contribution in [2.45, 2.75) is 20.3 Å². The zero-order valence-corrected chi connectivity index (χ0v) is 12.2. The summed E-state index contributed by atoms with van der Waals surface area (Å²) in [5, 5.41) is 13.6. The lowest BCUT2D eigenvalue weighted by Gasteiger charge is -2.04. The third-order valence-corrected chi connectivity index (χ3v) is 3.26. The monoisotopic (exact) mass is 298 g/mol. The highest BCUT2D eigenvalue weighted by molar-refractivity contribution is 5.90. The van der Waals surface area contributed by atoms with Gasteiger partial charge in [0.1, 0.15) is 0 Å². The Kier molecular flexibility index (Phi) is 3.69. The molecule has 2 heterocycles. The van der Waals surface area contributed by atoms with Crippen molar-refractivity contribution in [2.75, 3.05) is 5.32 Å². The summed E-state index contributed by atoms with van der Waals surface area (Å²) in [5.41, 5.74) is 3.27. The summed E-state index contributed by atoms with van der Waals surface area (Å²) in [5.74, 6) is 0.289. The van der Waals surface area contributed by atoms with Crippen LogP contribution in [0.15, 0.2) is 39.4 Å². The Morgan fingerprint density at radius 1 is 1.18 bits per heavy atom. The number of benzene rings is 1. The van der Waals surface area contributed by atoms with E-state index in [1.54, 1.807) is 6.07 Å². The molecule has 0 fully saturated rings. The van der Waals surface area contributed by atoms with Crippen molar-refractivity contribution >= 4 is 11.9 Å². The Bertz CT molecular complexity index is 793. The molecule has 7 nitrogen and oxygen atoms in total. The third-order valence-electron chi connectivity index (χ3n) is 3.26. The Hall–Kier alpha value is -2.96. The largest absolute Gasteiger partial charge is 0.400 e. The summed E-state index contributed by atoms with van der Waals surface area (Å²) < 4.78 is 10.2. The van der Waals surface area contributed by atoms with E-state index in [-0.39, 0.29) is 24.2 Å². The van der Waals surface area contributed by atoms with Gasteiger partial charge in [0.2, 0.25) is 11.7 Å². The highest BCUT2D eigenvalue weighted by Crippen LogP contribution is 2.19.